The number of rotatable bonds is 1. The molecule has 1 rings (SSSR count). The van der Waals surface area contributed by atoms with Crippen molar-refractivity contribution in [3.05, 3.63) is 30.3 Å². The van der Waals surface area contributed by atoms with Gasteiger partial charge in [0.25, 0.3) is 0 Å². The number of esters is 1. The third-order valence-corrected chi connectivity index (χ3v) is 1.00. The molecule has 0 heterocycles. The summed E-state index contributed by atoms with van der Waals surface area (Å²) in [6, 6.07) is 8.98. The molecule has 0 atom stereocenters. The summed E-state index contributed by atoms with van der Waals surface area (Å²) in [5.74, 6) is 0.307. The van der Waals surface area contributed by atoms with Gasteiger partial charge < -0.3 is 4.74 Å². The SMILES string of the molecule is CC(=O)Oc1ccccc1.[CaH2]. The molecule has 0 aromatic heterocycles. The van der Waals surface area contributed by atoms with Crippen LogP contribution in [0.2, 0.25) is 0 Å². The number of benzene rings is 1. The average Bonchev–Trinajstić information content (AvgIpc) is 1.88. The van der Waals surface area contributed by atoms with E-state index in [-0.39, 0.29) is 43.7 Å². The topological polar surface area (TPSA) is 26.3 Å². The Kier molecular flexibility index (Phi) is 5.56. The first-order valence-corrected chi connectivity index (χ1v) is 3.02. The molecule has 11 heavy (non-hydrogen) atoms. The molecule has 0 bridgehead atoms. The van der Waals surface area contributed by atoms with E-state index in [4.69, 9.17) is 4.74 Å². The normalized spacial score (nSPS) is 8.09. The Balaban J connectivity index is 0.000001000. The summed E-state index contributed by atoms with van der Waals surface area (Å²) in [6.07, 6.45) is 0. The van der Waals surface area contributed by atoms with E-state index in [1.807, 2.05) is 18.2 Å². The van der Waals surface area contributed by atoms with Crippen LogP contribution in [-0.4, -0.2) is 43.7 Å². The van der Waals surface area contributed by atoms with Crippen LogP contribution in [0.15, 0.2) is 30.3 Å². The van der Waals surface area contributed by atoms with E-state index in [1.165, 1.54) is 6.92 Å². The van der Waals surface area contributed by atoms with E-state index in [9.17, 15) is 4.79 Å². The maximum absolute atomic E-state index is 10.4. The molecule has 0 radical (unpaired) electrons. The van der Waals surface area contributed by atoms with Gasteiger partial charge >= 0.3 is 43.7 Å². The van der Waals surface area contributed by atoms with Crippen LogP contribution in [-0.2, 0) is 4.79 Å². The van der Waals surface area contributed by atoms with Crippen molar-refractivity contribution in [1.29, 1.82) is 0 Å². The number of ether oxygens (including phenoxy) is 1. The van der Waals surface area contributed by atoms with E-state index >= 15 is 0 Å². The fraction of sp³-hybridized carbons (Fsp3) is 0.125. The Hall–Kier alpha value is -0.0503. The third-order valence-electron chi connectivity index (χ3n) is 1.00. The summed E-state index contributed by atoms with van der Waals surface area (Å²) < 4.78 is 4.78. The Labute approximate surface area is 95.6 Å². The van der Waals surface area contributed by atoms with Crippen molar-refractivity contribution in [3.8, 4) is 5.75 Å². The Morgan fingerprint density at radius 1 is 1.27 bits per heavy atom. The van der Waals surface area contributed by atoms with Gasteiger partial charge in [0, 0.05) is 6.92 Å². The van der Waals surface area contributed by atoms with Crippen molar-refractivity contribution in [2.45, 2.75) is 6.92 Å². The molecule has 0 saturated heterocycles. The Morgan fingerprint density at radius 2 is 1.82 bits per heavy atom. The number of hydrogen-bond donors (Lipinski definition) is 0. The second-order valence-corrected chi connectivity index (χ2v) is 1.91. The van der Waals surface area contributed by atoms with Crippen LogP contribution >= 0.6 is 0 Å². The number of carbonyl (C=O) groups excluding carboxylic acids is 1. The van der Waals surface area contributed by atoms with Gasteiger partial charge in [0.05, 0.1) is 0 Å². The molecule has 0 saturated carbocycles. The molecule has 0 amide bonds. The van der Waals surface area contributed by atoms with Gasteiger partial charge in [-0.1, -0.05) is 18.2 Å². The van der Waals surface area contributed by atoms with Gasteiger partial charge in [0.1, 0.15) is 5.75 Å². The minimum atomic E-state index is -0.286. The zero-order valence-electron chi connectivity index (χ0n) is 5.70. The van der Waals surface area contributed by atoms with Crippen LogP contribution < -0.4 is 4.74 Å². The average molecular weight is 178 g/mol. The number of hydrogen-bond acceptors (Lipinski definition) is 2. The molecule has 0 aliphatic carbocycles. The summed E-state index contributed by atoms with van der Waals surface area (Å²) in [7, 11) is 0. The Bertz CT molecular complexity index is 221. The zero-order chi connectivity index (χ0) is 7.40. The van der Waals surface area contributed by atoms with E-state index in [0.717, 1.165) is 0 Å². The van der Waals surface area contributed by atoms with Crippen LogP contribution in [0.25, 0.3) is 0 Å². The van der Waals surface area contributed by atoms with Gasteiger partial charge in [-0.3, -0.25) is 4.79 Å². The summed E-state index contributed by atoms with van der Waals surface area (Å²) in [5.41, 5.74) is 0. The predicted molar refractivity (Wildman–Crippen MR) is 46.3 cm³/mol. The molecule has 0 unspecified atom stereocenters. The monoisotopic (exact) mass is 178 g/mol. The summed E-state index contributed by atoms with van der Waals surface area (Å²) in [6.45, 7) is 1.38. The first-order valence-electron chi connectivity index (χ1n) is 3.02. The first kappa shape index (κ1) is 10.9. The van der Waals surface area contributed by atoms with Gasteiger partial charge in [-0.05, 0) is 12.1 Å². The Morgan fingerprint density at radius 3 is 2.27 bits per heavy atom. The van der Waals surface area contributed by atoms with Gasteiger partial charge in [-0.15, -0.1) is 0 Å². The molecule has 3 heteroatoms. The van der Waals surface area contributed by atoms with Crippen molar-refractivity contribution in [2.24, 2.45) is 0 Å². The molecule has 0 aliphatic rings. The van der Waals surface area contributed by atoms with E-state index in [2.05, 4.69) is 0 Å². The summed E-state index contributed by atoms with van der Waals surface area (Å²) >= 11 is 0. The predicted octanol–water partition coefficient (Wildman–Crippen LogP) is 0.696. The standard InChI is InChI=1S/C8H8O2.Ca.2H/c1-7(9)10-8-5-3-2-4-6-8;;;/h2-6H,1H3;;;. The van der Waals surface area contributed by atoms with Gasteiger partial charge in [-0.25, -0.2) is 0 Å². The molecular weight excluding hydrogens is 168 g/mol. The zero-order valence-corrected chi connectivity index (χ0v) is 5.70. The molecular formula is C8H10CaO2. The van der Waals surface area contributed by atoms with Crippen LogP contribution in [0, 0.1) is 0 Å². The second-order valence-electron chi connectivity index (χ2n) is 1.91. The van der Waals surface area contributed by atoms with Crippen molar-refractivity contribution in [3.63, 3.8) is 0 Å². The van der Waals surface area contributed by atoms with Crippen molar-refractivity contribution < 1.29 is 9.53 Å². The third kappa shape index (κ3) is 4.40. The summed E-state index contributed by atoms with van der Waals surface area (Å²) in [4.78, 5) is 10.4. The quantitative estimate of drug-likeness (QED) is 0.359. The van der Waals surface area contributed by atoms with E-state index < -0.39 is 0 Å². The molecule has 0 fully saturated rings. The van der Waals surface area contributed by atoms with E-state index in [0.29, 0.717) is 5.75 Å². The van der Waals surface area contributed by atoms with Crippen molar-refractivity contribution in [2.75, 3.05) is 0 Å². The van der Waals surface area contributed by atoms with Crippen molar-refractivity contribution in [1.82, 2.24) is 0 Å². The summed E-state index contributed by atoms with van der Waals surface area (Å²) in [5, 5.41) is 0. The second kappa shape index (κ2) is 5.58. The molecule has 1 aromatic carbocycles. The molecule has 2 nitrogen and oxygen atoms in total. The van der Waals surface area contributed by atoms with Crippen molar-refractivity contribution >= 4 is 43.7 Å². The van der Waals surface area contributed by atoms with Gasteiger partial charge in [0.2, 0.25) is 0 Å². The number of para-hydroxylation sites is 1. The van der Waals surface area contributed by atoms with Gasteiger partial charge in [-0.2, -0.15) is 0 Å². The molecule has 0 aliphatic heterocycles. The van der Waals surface area contributed by atoms with Crippen LogP contribution in [0.1, 0.15) is 6.92 Å². The van der Waals surface area contributed by atoms with Crippen LogP contribution in [0.3, 0.4) is 0 Å². The molecule has 1 aromatic rings. The first-order chi connectivity index (χ1) is 4.79. The van der Waals surface area contributed by atoms with Crippen LogP contribution in [0.4, 0.5) is 0 Å². The van der Waals surface area contributed by atoms with Gasteiger partial charge in [0.15, 0.2) is 0 Å². The molecule has 0 N–H and O–H groups in total. The van der Waals surface area contributed by atoms with Crippen LogP contribution in [0.5, 0.6) is 5.75 Å². The fourth-order valence-corrected chi connectivity index (χ4v) is 0.655. The van der Waals surface area contributed by atoms with E-state index in [1.54, 1.807) is 12.1 Å². The maximum atomic E-state index is 10.4. The number of carbonyl (C=O) groups is 1. The molecule has 0 spiro atoms. The molecule has 56 valence electrons. The minimum absolute atomic E-state index is 0. The fourth-order valence-electron chi connectivity index (χ4n) is 0.655.